The van der Waals surface area contributed by atoms with Gasteiger partial charge in [-0.05, 0) is 23.0 Å². The predicted octanol–water partition coefficient (Wildman–Crippen LogP) is 3.00. The van der Waals surface area contributed by atoms with Gasteiger partial charge in [-0.1, -0.05) is 45.0 Å². The lowest BCUT2D eigenvalue weighted by Gasteiger charge is -2.19. The number of carbonyl (C=O) groups excluding carboxylic acids is 1. The zero-order chi connectivity index (χ0) is 13.1. The lowest BCUT2D eigenvalue weighted by molar-refractivity contribution is -0.127. The number of amides is 1. The summed E-state index contributed by atoms with van der Waals surface area (Å²) in [5.41, 5.74) is 2.83. The summed E-state index contributed by atoms with van der Waals surface area (Å²) in [6.07, 6.45) is 0.917. The van der Waals surface area contributed by atoms with E-state index in [1.807, 2.05) is 7.05 Å². The van der Waals surface area contributed by atoms with E-state index >= 15 is 0 Å². The number of likely N-dealkylation sites (N-methyl/N-ethyl adjacent to an activating group) is 1. The highest BCUT2D eigenvalue weighted by molar-refractivity contribution is 5.72. The fourth-order valence-corrected chi connectivity index (χ4v) is 1.63. The Bertz CT molecular complexity index is 373. The standard InChI is InChI=1S/C15H23NO/c1-12(17)16(5)11-10-13-6-8-14(9-7-13)15(2,3)4/h6-9H,10-11H2,1-5H3. The van der Waals surface area contributed by atoms with Crippen molar-refractivity contribution in [3.05, 3.63) is 35.4 Å². The van der Waals surface area contributed by atoms with Gasteiger partial charge < -0.3 is 4.90 Å². The number of nitrogens with zero attached hydrogens (tertiary/aromatic N) is 1. The monoisotopic (exact) mass is 233 g/mol. The van der Waals surface area contributed by atoms with Crippen molar-refractivity contribution in [2.24, 2.45) is 0 Å². The quantitative estimate of drug-likeness (QED) is 0.786. The van der Waals surface area contributed by atoms with Gasteiger partial charge in [0.2, 0.25) is 5.91 Å². The van der Waals surface area contributed by atoms with E-state index in [0.717, 1.165) is 13.0 Å². The Morgan fingerprint density at radius 2 is 1.71 bits per heavy atom. The second-order valence-corrected chi connectivity index (χ2v) is 5.64. The minimum absolute atomic E-state index is 0.122. The average molecular weight is 233 g/mol. The molecule has 0 heterocycles. The number of rotatable bonds is 3. The maximum absolute atomic E-state index is 11.1. The van der Waals surface area contributed by atoms with E-state index in [0.29, 0.717) is 0 Å². The molecule has 1 aromatic rings. The van der Waals surface area contributed by atoms with Crippen LogP contribution < -0.4 is 0 Å². The van der Waals surface area contributed by atoms with Crippen molar-refractivity contribution in [1.29, 1.82) is 0 Å². The minimum atomic E-state index is 0.122. The van der Waals surface area contributed by atoms with Crippen molar-refractivity contribution in [2.45, 2.75) is 39.5 Å². The molecule has 0 atom stereocenters. The second-order valence-electron chi connectivity index (χ2n) is 5.64. The summed E-state index contributed by atoms with van der Waals surface area (Å²) in [4.78, 5) is 12.8. The van der Waals surface area contributed by atoms with Gasteiger partial charge in [0.15, 0.2) is 0 Å². The SMILES string of the molecule is CC(=O)N(C)CCc1ccc(C(C)(C)C)cc1. The molecule has 1 aromatic carbocycles. The summed E-state index contributed by atoms with van der Waals surface area (Å²) in [6.45, 7) is 9.02. The molecular formula is C15H23NO. The van der Waals surface area contributed by atoms with Crippen LogP contribution in [0.3, 0.4) is 0 Å². The molecule has 0 bridgehead atoms. The summed E-state index contributed by atoms with van der Waals surface area (Å²) in [6, 6.07) is 8.69. The highest BCUT2D eigenvalue weighted by Gasteiger charge is 2.12. The predicted molar refractivity (Wildman–Crippen MR) is 72.2 cm³/mol. The molecule has 0 saturated heterocycles. The van der Waals surface area contributed by atoms with Crippen LogP contribution >= 0.6 is 0 Å². The molecule has 2 heteroatoms. The van der Waals surface area contributed by atoms with Crippen molar-refractivity contribution in [1.82, 2.24) is 4.90 Å². The van der Waals surface area contributed by atoms with Gasteiger partial charge in [-0.2, -0.15) is 0 Å². The minimum Gasteiger partial charge on any atom is -0.346 e. The van der Waals surface area contributed by atoms with Gasteiger partial charge in [0.1, 0.15) is 0 Å². The Labute approximate surface area is 105 Å². The molecule has 0 aliphatic heterocycles. The molecule has 0 aliphatic carbocycles. The fraction of sp³-hybridized carbons (Fsp3) is 0.533. The molecule has 0 saturated carbocycles. The van der Waals surface area contributed by atoms with Gasteiger partial charge in [0, 0.05) is 20.5 Å². The Morgan fingerprint density at radius 3 is 2.12 bits per heavy atom. The third kappa shape index (κ3) is 4.22. The van der Waals surface area contributed by atoms with Crippen LogP contribution in [-0.4, -0.2) is 24.4 Å². The average Bonchev–Trinajstić information content (AvgIpc) is 2.25. The molecule has 0 fully saturated rings. The summed E-state index contributed by atoms with van der Waals surface area (Å²) >= 11 is 0. The summed E-state index contributed by atoms with van der Waals surface area (Å²) < 4.78 is 0. The Balaban J connectivity index is 2.60. The summed E-state index contributed by atoms with van der Waals surface area (Å²) in [5.74, 6) is 0.122. The van der Waals surface area contributed by atoms with Crippen molar-refractivity contribution in [3.8, 4) is 0 Å². The van der Waals surface area contributed by atoms with Crippen LogP contribution in [0.2, 0.25) is 0 Å². The van der Waals surface area contributed by atoms with E-state index in [-0.39, 0.29) is 11.3 Å². The van der Waals surface area contributed by atoms with Gasteiger partial charge in [-0.25, -0.2) is 0 Å². The van der Waals surface area contributed by atoms with E-state index in [4.69, 9.17) is 0 Å². The lowest BCUT2D eigenvalue weighted by Crippen LogP contribution is -2.26. The molecule has 1 rings (SSSR count). The van der Waals surface area contributed by atoms with E-state index in [9.17, 15) is 4.79 Å². The van der Waals surface area contributed by atoms with Crippen LogP contribution in [0.1, 0.15) is 38.8 Å². The molecule has 2 nitrogen and oxygen atoms in total. The summed E-state index contributed by atoms with van der Waals surface area (Å²) in [5, 5.41) is 0. The number of hydrogen-bond donors (Lipinski definition) is 0. The van der Waals surface area contributed by atoms with Gasteiger partial charge >= 0.3 is 0 Å². The first kappa shape index (κ1) is 13.8. The number of benzene rings is 1. The molecule has 0 aromatic heterocycles. The molecule has 0 unspecified atom stereocenters. The molecular weight excluding hydrogens is 210 g/mol. The maximum atomic E-state index is 11.1. The molecule has 0 spiro atoms. The number of carbonyl (C=O) groups is 1. The highest BCUT2D eigenvalue weighted by atomic mass is 16.2. The topological polar surface area (TPSA) is 20.3 Å². The normalized spacial score (nSPS) is 11.4. The number of hydrogen-bond acceptors (Lipinski definition) is 1. The maximum Gasteiger partial charge on any atom is 0.219 e. The van der Waals surface area contributed by atoms with Crippen molar-refractivity contribution in [3.63, 3.8) is 0 Å². The van der Waals surface area contributed by atoms with E-state index < -0.39 is 0 Å². The zero-order valence-corrected chi connectivity index (χ0v) is 11.6. The molecule has 0 aliphatic rings. The van der Waals surface area contributed by atoms with Gasteiger partial charge in [-0.3, -0.25) is 4.79 Å². The molecule has 1 amide bonds. The van der Waals surface area contributed by atoms with Crippen molar-refractivity contribution < 1.29 is 4.79 Å². The van der Waals surface area contributed by atoms with Crippen LogP contribution in [0.25, 0.3) is 0 Å². The lowest BCUT2D eigenvalue weighted by atomic mass is 9.86. The first-order valence-corrected chi connectivity index (χ1v) is 6.12. The van der Waals surface area contributed by atoms with E-state index in [1.54, 1.807) is 11.8 Å². The highest BCUT2D eigenvalue weighted by Crippen LogP contribution is 2.22. The van der Waals surface area contributed by atoms with Gasteiger partial charge in [-0.15, -0.1) is 0 Å². The fourth-order valence-electron chi connectivity index (χ4n) is 1.63. The van der Waals surface area contributed by atoms with Crippen LogP contribution in [0.15, 0.2) is 24.3 Å². The largest absolute Gasteiger partial charge is 0.346 e. The Kier molecular flexibility index (Phi) is 4.33. The van der Waals surface area contributed by atoms with E-state index in [2.05, 4.69) is 45.0 Å². The first-order valence-electron chi connectivity index (χ1n) is 6.12. The summed E-state index contributed by atoms with van der Waals surface area (Å²) in [7, 11) is 1.84. The van der Waals surface area contributed by atoms with E-state index in [1.165, 1.54) is 11.1 Å². The second kappa shape index (κ2) is 5.35. The van der Waals surface area contributed by atoms with Crippen LogP contribution in [0.5, 0.6) is 0 Å². The smallest absolute Gasteiger partial charge is 0.219 e. The Morgan fingerprint density at radius 1 is 1.18 bits per heavy atom. The first-order chi connectivity index (χ1) is 7.80. The third-order valence-electron chi connectivity index (χ3n) is 3.09. The zero-order valence-electron chi connectivity index (χ0n) is 11.6. The third-order valence-corrected chi connectivity index (χ3v) is 3.09. The van der Waals surface area contributed by atoms with Crippen molar-refractivity contribution >= 4 is 5.91 Å². The van der Waals surface area contributed by atoms with Crippen LogP contribution in [-0.2, 0) is 16.6 Å². The molecule has 0 radical (unpaired) electrons. The van der Waals surface area contributed by atoms with Crippen LogP contribution in [0.4, 0.5) is 0 Å². The Hall–Kier alpha value is -1.31. The molecule has 17 heavy (non-hydrogen) atoms. The van der Waals surface area contributed by atoms with Crippen LogP contribution in [0, 0.1) is 0 Å². The molecule has 0 N–H and O–H groups in total. The van der Waals surface area contributed by atoms with Crippen molar-refractivity contribution in [2.75, 3.05) is 13.6 Å². The molecule has 94 valence electrons. The van der Waals surface area contributed by atoms with Gasteiger partial charge in [0.05, 0.1) is 0 Å². The van der Waals surface area contributed by atoms with Gasteiger partial charge in [0.25, 0.3) is 0 Å².